The first-order chi connectivity index (χ1) is 18.3. The molecule has 0 fully saturated rings. The Balaban J connectivity index is 1.89. The molecule has 2 rings (SSSR count). The van der Waals surface area contributed by atoms with Crippen LogP contribution in [-0.2, 0) is 36.8 Å². The highest BCUT2D eigenvalue weighted by Crippen LogP contribution is 2.12. The van der Waals surface area contributed by atoms with Crippen LogP contribution >= 0.6 is 0 Å². The zero-order valence-corrected chi connectivity index (χ0v) is 22.0. The minimum absolute atomic E-state index is 0.0373. The lowest BCUT2D eigenvalue weighted by Gasteiger charge is -2.23. The number of aromatic hydroxyl groups is 1. The van der Waals surface area contributed by atoms with E-state index in [-0.39, 0.29) is 18.6 Å². The zero-order valence-electron chi connectivity index (χ0n) is 22.0. The van der Waals surface area contributed by atoms with Gasteiger partial charge in [0.1, 0.15) is 23.4 Å². The average molecular weight is 543 g/mol. The van der Waals surface area contributed by atoms with Crippen LogP contribution in [0.1, 0.15) is 31.9 Å². The minimum Gasteiger partial charge on any atom is -0.508 e. The summed E-state index contributed by atoms with van der Waals surface area (Å²) >= 11 is 0. The molecule has 0 aliphatic heterocycles. The number of phenolic OH excluding ortho intramolecular Hbond substituents is 1. The van der Waals surface area contributed by atoms with Gasteiger partial charge in [-0.2, -0.15) is 0 Å². The van der Waals surface area contributed by atoms with Crippen molar-refractivity contribution in [2.24, 2.45) is 0 Å². The maximum Gasteiger partial charge on any atom is 0.408 e. The van der Waals surface area contributed by atoms with Crippen molar-refractivity contribution in [3.63, 3.8) is 0 Å². The molecule has 2 aromatic rings. The molecule has 0 saturated heterocycles. The molecule has 12 heteroatoms. The van der Waals surface area contributed by atoms with Crippen LogP contribution < -0.4 is 21.3 Å². The number of benzene rings is 2. The van der Waals surface area contributed by atoms with E-state index >= 15 is 0 Å². The molecule has 6 N–H and O–H groups in total. The number of ether oxygens (including phenoxy) is 1. The summed E-state index contributed by atoms with van der Waals surface area (Å²) in [4.78, 5) is 61.0. The SMILES string of the molecule is CC(C)(C)OC(=O)N[C@@H](Cc1ccc(O)cc1)C(=O)NCC(=O)NCC(=O)N[C@@H](Cc1ccccc1)C(=O)O. The molecule has 0 unspecified atom stereocenters. The maximum absolute atomic E-state index is 12.8. The molecule has 2 aromatic carbocycles. The van der Waals surface area contributed by atoms with Gasteiger partial charge in [0, 0.05) is 12.8 Å². The van der Waals surface area contributed by atoms with E-state index in [1.54, 1.807) is 63.2 Å². The van der Waals surface area contributed by atoms with Gasteiger partial charge in [-0.25, -0.2) is 9.59 Å². The number of rotatable bonds is 12. The van der Waals surface area contributed by atoms with Crippen molar-refractivity contribution < 1.29 is 38.9 Å². The molecule has 0 heterocycles. The number of carbonyl (C=O) groups is 5. The number of phenols is 1. The highest BCUT2D eigenvalue weighted by molar-refractivity contribution is 5.91. The Morgan fingerprint density at radius 1 is 0.769 bits per heavy atom. The van der Waals surface area contributed by atoms with Crippen LogP contribution in [0.25, 0.3) is 0 Å². The number of nitrogens with one attached hydrogen (secondary N) is 4. The Labute approximate surface area is 226 Å². The summed E-state index contributed by atoms with van der Waals surface area (Å²) in [5.41, 5.74) is 0.553. The van der Waals surface area contributed by atoms with Gasteiger partial charge in [-0.1, -0.05) is 42.5 Å². The Morgan fingerprint density at radius 3 is 1.92 bits per heavy atom. The lowest BCUT2D eigenvalue weighted by Crippen LogP contribution is -2.52. The number of aliphatic carboxylic acids is 1. The van der Waals surface area contributed by atoms with Gasteiger partial charge in [-0.05, 0) is 44.0 Å². The van der Waals surface area contributed by atoms with Crippen molar-refractivity contribution in [1.82, 2.24) is 21.3 Å². The first-order valence-corrected chi connectivity index (χ1v) is 12.2. The fraction of sp³-hybridized carbons (Fsp3) is 0.370. The number of hydrogen-bond donors (Lipinski definition) is 6. The van der Waals surface area contributed by atoms with E-state index < -0.39 is 60.6 Å². The Hall–Kier alpha value is -4.61. The van der Waals surface area contributed by atoms with Crippen molar-refractivity contribution >= 4 is 29.8 Å². The number of carbonyl (C=O) groups excluding carboxylic acids is 4. The summed E-state index contributed by atoms with van der Waals surface area (Å²) < 4.78 is 5.22. The Morgan fingerprint density at radius 2 is 1.33 bits per heavy atom. The van der Waals surface area contributed by atoms with Gasteiger partial charge in [0.2, 0.25) is 17.7 Å². The summed E-state index contributed by atoms with van der Waals surface area (Å²) in [5.74, 6) is -3.27. The van der Waals surface area contributed by atoms with Gasteiger partial charge >= 0.3 is 12.1 Å². The fourth-order valence-electron chi connectivity index (χ4n) is 3.35. The maximum atomic E-state index is 12.8. The van der Waals surface area contributed by atoms with E-state index in [2.05, 4.69) is 21.3 Å². The van der Waals surface area contributed by atoms with Gasteiger partial charge in [0.25, 0.3) is 0 Å². The standard InChI is InChI=1S/C27H34N4O8/c1-27(2,3)39-26(38)31-20(13-18-9-11-19(32)12-10-18)24(35)29-15-22(33)28-16-23(34)30-21(25(36)37)14-17-7-5-4-6-8-17/h4-12,20-21,32H,13-16H2,1-3H3,(H,28,33)(H,29,35)(H,30,34)(H,31,38)(H,36,37)/t20-,21-/m0/s1. The van der Waals surface area contributed by atoms with E-state index in [1.807, 2.05) is 0 Å². The first-order valence-electron chi connectivity index (χ1n) is 12.2. The van der Waals surface area contributed by atoms with Gasteiger partial charge in [-0.15, -0.1) is 0 Å². The van der Waals surface area contributed by atoms with Crippen molar-refractivity contribution in [2.45, 2.75) is 51.3 Å². The third-order valence-electron chi connectivity index (χ3n) is 5.17. The smallest absolute Gasteiger partial charge is 0.408 e. The van der Waals surface area contributed by atoms with Gasteiger partial charge < -0.3 is 36.2 Å². The predicted octanol–water partition coefficient (Wildman–Crippen LogP) is 0.873. The molecule has 0 bridgehead atoms. The second kappa shape index (κ2) is 14.4. The van der Waals surface area contributed by atoms with Crippen LogP contribution in [0, 0.1) is 0 Å². The predicted molar refractivity (Wildman–Crippen MR) is 141 cm³/mol. The summed E-state index contributed by atoms with van der Waals surface area (Å²) in [5, 5.41) is 28.4. The van der Waals surface area contributed by atoms with E-state index in [1.165, 1.54) is 12.1 Å². The highest BCUT2D eigenvalue weighted by atomic mass is 16.6. The average Bonchev–Trinajstić information content (AvgIpc) is 2.86. The molecule has 39 heavy (non-hydrogen) atoms. The molecule has 0 saturated carbocycles. The number of carboxylic acids is 1. The lowest BCUT2D eigenvalue weighted by molar-refractivity contribution is -0.141. The third kappa shape index (κ3) is 12.0. The molecule has 0 radical (unpaired) electrons. The van der Waals surface area contributed by atoms with Gasteiger partial charge in [-0.3, -0.25) is 14.4 Å². The molecule has 4 amide bonds. The van der Waals surface area contributed by atoms with Crippen LogP contribution in [0.4, 0.5) is 4.79 Å². The molecule has 210 valence electrons. The molecule has 0 aliphatic rings. The summed E-state index contributed by atoms with van der Waals surface area (Å²) in [6.07, 6.45) is -0.710. The van der Waals surface area contributed by atoms with Crippen molar-refractivity contribution in [2.75, 3.05) is 13.1 Å². The number of amides is 4. The van der Waals surface area contributed by atoms with Crippen LogP contribution in [0.2, 0.25) is 0 Å². The normalized spacial score (nSPS) is 12.4. The topological polar surface area (TPSA) is 183 Å². The molecular formula is C27H34N4O8. The second-order valence-corrected chi connectivity index (χ2v) is 9.71. The summed E-state index contributed by atoms with van der Waals surface area (Å²) in [6.45, 7) is 4.01. The lowest BCUT2D eigenvalue weighted by atomic mass is 10.1. The van der Waals surface area contributed by atoms with Crippen molar-refractivity contribution in [3.05, 3.63) is 65.7 Å². The molecule has 0 spiro atoms. The molecular weight excluding hydrogens is 508 g/mol. The quantitative estimate of drug-likeness (QED) is 0.228. The largest absolute Gasteiger partial charge is 0.508 e. The Kier molecular flexibility index (Phi) is 11.3. The molecule has 0 aliphatic carbocycles. The highest BCUT2D eigenvalue weighted by Gasteiger charge is 2.25. The van der Waals surface area contributed by atoms with Gasteiger partial charge in [0.15, 0.2) is 0 Å². The summed E-state index contributed by atoms with van der Waals surface area (Å²) in [7, 11) is 0. The van der Waals surface area contributed by atoms with Gasteiger partial charge in [0.05, 0.1) is 13.1 Å². The zero-order chi connectivity index (χ0) is 29.0. The third-order valence-corrected chi connectivity index (χ3v) is 5.17. The van der Waals surface area contributed by atoms with Crippen molar-refractivity contribution in [3.8, 4) is 5.75 Å². The van der Waals surface area contributed by atoms with E-state index in [0.717, 1.165) is 5.56 Å². The first kappa shape index (κ1) is 30.6. The minimum atomic E-state index is -1.22. The molecule has 2 atom stereocenters. The van der Waals surface area contributed by atoms with Crippen LogP contribution in [0.5, 0.6) is 5.75 Å². The molecule has 0 aromatic heterocycles. The van der Waals surface area contributed by atoms with E-state index in [4.69, 9.17) is 4.74 Å². The van der Waals surface area contributed by atoms with E-state index in [9.17, 15) is 34.2 Å². The van der Waals surface area contributed by atoms with Crippen LogP contribution in [0.15, 0.2) is 54.6 Å². The van der Waals surface area contributed by atoms with Crippen LogP contribution in [-0.4, -0.2) is 70.8 Å². The number of alkyl carbamates (subject to hydrolysis) is 1. The second-order valence-electron chi connectivity index (χ2n) is 9.71. The van der Waals surface area contributed by atoms with Crippen molar-refractivity contribution in [1.29, 1.82) is 0 Å². The fourth-order valence-corrected chi connectivity index (χ4v) is 3.35. The molecule has 12 nitrogen and oxygen atoms in total. The summed E-state index contributed by atoms with van der Waals surface area (Å²) in [6, 6.07) is 12.5. The number of hydrogen-bond acceptors (Lipinski definition) is 7. The van der Waals surface area contributed by atoms with Crippen LogP contribution in [0.3, 0.4) is 0 Å². The monoisotopic (exact) mass is 542 g/mol. The number of carboxylic acid groups (broad SMARTS) is 1. The van der Waals surface area contributed by atoms with E-state index in [0.29, 0.717) is 5.56 Å². The Bertz CT molecular complexity index is 1150.